The maximum Gasteiger partial charge on any atom is 0.240 e. The number of imidazole rings is 1. The van der Waals surface area contributed by atoms with Crippen molar-refractivity contribution < 1.29 is 9.53 Å². The van der Waals surface area contributed by atoms with Crippen LogP contribution in [-0.2, 0) is 17.9 Å². The summed E-state index contributed by atoms with van der Waals surface area (Å²) in [7, 11) is 0. The highest BCUT2D eigenvalue weighted by Crippen LogP contribution is 2.25. The van der Waals surface area contributed by atoms with Gasteiger partial charge in [-0.1, -0.05) is 42.8 Å². The molecular formula is C19H20ClN3O2. The first-order valence-corrected chi connectivity index (χ1v) is 8.65. The van der Waals surface area contributed by atoms with E-state index in [0.29, 0.717) is 23.1 Å². The number of hydrogen-bond acceptors (Lipinski definition) is 3. The first kappa shape index (κ1) is 17.3. The molecule has 1 N–H and O–H groups in total. The van der Waals surface area contributed by atoms with E-state index in [1.54, 1.807) is 6.07 Å². The van der Waals surface area contributed by atoms with Gasteiger partial charge < -0.3 is 14.6 Å². The topological polar surface area (TPSA) is 56.2 Å². The minimum absolute atomic E-state index is 0.0380. The van der Waals surface area contributed by atoms with E-state index in [0.717, 1.165) is 17.5 Å². The van der Waals surface area contributed by atoms with E-state index in [4.69, 9.17) is 16.3 Å². The number of amides is 1. The van der Waals surface area contributed by atoms with E-state index in [2.05, 4.69) is 10.3 Å². The number of benzene rings is 2. The number of carbonyl (C=O) groups is 1. The van der Waals surface area contributed by atoms with E-state index in [1.165, 1.54) is 0 Å². The van der Waals surface area contributed by atoms with Crippen LogP contribution in [0, 0.1) is 0 Å². The second-order valence-corrected chi connectivity index (χ2v) is 6.08. The molecule has 0 spiro atoms. The van der Waals surface area contributed by atoms with Crippen molar-refractivity contribution in [3.8, 4) is 5.75 Å². The predicted molar refractivity (Wildman–Crippen MR) is 98.8 cm³/mol. The van der Waals surface area contributed by atoms with Crippen LogP contribution >= 0.6 is 11.6 Å². The van der Waals surface area contributed by atoms with Crippen LogP contribution in [0.4, 0.5) is 0 Å². The minimum Gasteiger partial charge on any atom is -0.484 e. The van der Waals surface area contributed by atoms with Crippen molar-refractivity contribution in [3.63, 3.8) is 0 Å². The van der Waals surface area contributed by atoms with Gasteiger partial charge in [0, 0.05) is 6.54 Å². The fraction of sp³-hybridized carbons (Fsp3) is 0.263. The fourth-order valence-corrected chi connectivity index (χ4v) is 2.77. The van der Waals surface area contributed by atoms with Gasteiger partial charge in [-0.05, 0) is 30.7 Å². The molecule has 130 valence electrons. The number of nitrogens with zero attached hydrogens (tertiary/aromatic N) is 2. The quantitative estimate of drug-likeness (QED) is 0.699. The zero-order valence-electron chi connectivity index (χ0n) is 14.0. The normalized spacial score (nSPS) is 10.8. The molecule has 0 saturated heterocycles. The first-order valence-electron chi connectivity index (χ1n) is 8.27. The summed E-state index contributed by atoms with van der Waals surface area (Å²) in [4.78, 5) is 16.8. The second-order valence-electron chi connectivity index (χ2n) is 5.67. The summed E-state index contributed by atoms with van der Waals surface area (Å²) in [6.07, 6.45) is 0.902. The number of fused-ring (bicyclic) bond motifs is 1. The lowest BCUT2D eigenvalue weighted by Gasteiger charge is -2.11. The van der Waals surface area contributed by atoms with Gasteiger partial charge in [-0.2, -0.15) is 0 Å². The van der Waals surface area contributed by atoms with E-state index in [9.17, 15) is 4.79 Å². The van der Waals surface area contributed by atoms with Crippen LogP contribution in [0.1, 0.15) is 19.2 Å². The molecule has 0 fully saturated rings. The van der Waals surface area contributed by atoms with Gasteiger partial charge in [0.2, 0.25) is 5.91 Å². The molecule has 5 nitrogen and oxygen atoms in total. The Balaban J connectivity index is 1.85. The molecule has 6 heteroatoms. The maximum atomic E-state index is 12.2. The van der Waals surface area contributed by atoms with Gasteiger partial charge in [-0.15, -0.1) is 0 Å². The van der Waals surface area contributed by atoms with E-state index < -0.39 is 0 Å². The molecule has 0 aliphatic heterocycles. The third-order valence-electron chi connectivity index (χ3n) is 3.80. The molecule has 0 bridgehead atoms. The van der Waals surface area contributed by atoms with Crippen molar-refractivity contribution in [1.29, 1.82) is 0 Å². The molecule has 0 radical (unpaired) electrons. The highest BCUT2D eigenvalue weighted by Gasteiger charge is 2.14. The lowest BCUT2D eigenvalue weighted by molar-refractivity contribution is -0.121. The third-order valence-corrected chi connectivity index (χ3v) is 4.11. The third kappa shape index (κ3) is 4.12. The van der Waals surface area contributed by atoms with Gasteiger partial charge in [0.1, 0.15) is 24.7 Å². The molecule has 1 amide bonds. The van der Waals surface area contributed by atoms with Gasteiger partial charge in [0.05, 0.1) is 16.1 Å². The van der Waals surface area contributed by atoms with Crippen molar-refractivity contribution >= 4 is 28.5 Å². The standard InChI is InChI=1S/C19H20ClN3O2/c1-2-11-21-19(24)12-23-16-9-5-4-8-15(16)22-18(23)13-25-17-10-6-3-7-14(17)20/h3-10H,2,11-13H2,1H3,(H,21,24). The summed E-state index contributed by atoms with van der Waals surface area (Å²) >= 11 is 6.13. The number of rotatable bonds is 7. The van der Waals surface area contributed by atoms with Gasteiger partial charge in [-0.25, -0.2) is 4.98 Å². The number of nitrogens with one attached hydrogen (secondary N) is 1. The number of carbonyl (C=O) groups excluding carboxylic acids is 1. The summed E-state index contributed by atoms with van der Waals surface area (Å²) in [6.45, 7) is 3.13. The van der Waals surface area contributed by atoms with Crippen molar-refractivity contribution in [2.75, 3.05) is 6.54 Å². The molecule has 0 unspecified atom stereocenters. The Bertz CT molecular complexity index is 876. The molecule has 2 aromatic carbocycles. The van der Waals surface area contributed by atoms with Crippen molar-refractivity contribution in [3.05, 3.63) is 59.4 Å². The highest BCUT2D eigenvalue weighted by molar-refractivity contribution is 6.32. The van der Waals surface area contributed by atoms with Crippen LogP contribution in [0.2, 0.25) is 5.02 Å². The van der Waals surface area contributed by atoms with E-state index in [1.807, 2.05) is 54.0 Å². The number of halogens is 1. The molecule has 3 aromatic rings. The molecule has 0 atom stereocenters. The van der Waals surface area contributed by atoms with Crippen molar-refractivity contribution in [1.82, 2.24) is 14.9 Å². The fourth-order valence-electron chi connectivity index (χ4n) is 2.58. The number of para-hydroxylation sites is 3. The Morgan fingerprint density at radius 2 is 1.96 bits per heavy atom. The van der Waals surface area contributed by atoms with Crippen LogP contribution in [0.25, 0.3) is 11.0 Å². The van der Waals surface area contributed by atoms with Crippen molar-refractivity contribution in [2.45, 2.75) is 26.5 Å². The molecule has 0 saturated carbocycles. The lowest BCUT2D eigenvalue weighted by Crippen LogP contribution is -2.28. The summed E-state index contributed by atoms with van der Waals surface area (Å²) < 4.78 is 7.69. The van der Waals surface area contributed by atoms with Crippen molar-refractivity contribution in [2.24, 2.45) is 0 Å². The van der Waals surface area contributed by atoms with Crippen LogP contribution in [0.15, 0.2) is 48.5 Å². The summed E-state index contributed by atoms with van der Waals surface area (Å²) in [5.74, 6) is 1.25. The molecule has 1 aromatic heterocycles. The first-order chi connectivity index (χ1) is 12.2. The number of hydrogen-bond donors (Lipinski definition) is 1. The van der Waals surface area contributed by atoms with Gasteiger partial charge in [0.15, 0.2) is 0 Å². The summed E-state index contributed by atoms with van der Waals surface area (Å²) in [6, 6.07) is 15.0. The molecule has 1 heterocycles. The monoisotopic (exact) mass is 357 g/mol. The Morgan fingerprint density at radius 3 is 2.76 bits per heavy atom. The zero-order chi connectivity index (χ0) is 17.6. The van der Waals surface area contributed by atoms with Crippen LogP contribution in [-0.4, -0.2) is 22.0 Å². The van der Waals surface area contributed by atoms with Gasteiger partial charge >= 0.3 is 0 Å². The number of aromatic nitrogens is 2. The predicted octanol–water partition coefficient (Wildman–Crippen LogP) is 3.79. The second kappa shape index (κ2) is 8.03. The smallest absolute Gasteiger partial charge is 0.240 e. The van der Waals surface area contributed by atoms with Crippen LogP contribution < -0.4 is 10.1 Å². The summed E-state index contributed by atoms with van der Waals surface area (Å²) in [5.41, 5.74) is 1.75. The van der Waals surface area contributed by atoms with Crippen LogP contribution in [0.3, 0.4) is 0 Å². The van der Waals surface area contributed by atoms with Gasteiger partial charge in [-0.3, -0.25) is 4.79 Å². The minimum atomic E-state index is -0.0380. The Labute approximate surface area is 151 Å². The highest BCUT2D eigenvalue weighted by atomic mass is 35.5. The van der Waals surface area contributed by atoms with Gasteiger partial charge in [0.25, 0.3) is 0 Å². The Kier molecular flexibility index (Phi) is 5.56. The largest absolute Gasteiger partial charge is 0.484 e. The average molecular weight is 358 g/mol. The summed E-state index contributed by atoms with van der Waals surface area (Å²) in [5, 5.41) is 3.44. The Morgan fingerprint density at radius 1 is 1.20 bits per heavy atom. The average Bonchev–Trinajstić information content (AvgIpc) is 2.97. The molecule has 3 rings (SSSR count). The lowest BCUT2D eigenvalue weighted by atomic mass is 10.3. The Hall–Kier alpha value is -2.53. The van der Waals surface area contributed by atoms with E-state index >= 15 is 0 Å². The van der Waals surface area contributed by atoms with Crippen LogP contribution in [0.5, 0.6) is 5.75 Å². The zero-order valence-corrected chi connectivity index (χ0v) is 14.8. The molecular weight excluding hydrogens is 338 g/mol. The molecule has 25 heavy (non-hydrogen) atoms. The molecule has 0 aliphatic rings. The molecule has 0 aliphatic carbocycles. The SMILES string of the molecule is CCCNC(=O)Cn1c(COc2ccccc2Cl)nc2ccccc21. The maximum absolute atomic E-state index is 12.2. The number of ether oxygens (including phenoxy) is 1. The van der Waals surface area contributed by atoms with E-state index in [-0.39, 0.29) is 19.1 Å².